The minimum absolute atomic E-state index is 0.282. The molecule has 0 heterocycles. The normalized spacial score (nSPS) is 12.8. The number of rotatable bonds is 5. The monoisotopic (exact) mass is 308 g/mol. The minimum Gasteiger partial charge on any atom is -0.388 e. The average molecular weight is 310 g/mol. The molecular formula is C12H15BrClFO. The number of aliphatic hydroxyl groups is 1. The van der Waals surface area contributed by atoms with Crippen LogP contribution in [0.5, 0.6) is 0 Å². The first-order valence-electron chi connectivity index (χ1n) is 5.38. The Morgan fingerprint density at radius 1 is 1.44 bits per heavy atom. The third-order valence-corrected chi connectivity index (χ3v) is 3.68. The summed E-state index contributed by atoms with van der Waals surface area (Å²) >= 11 is 9.01. The van der Waals surface area contributed by atoms with Crippen LogP contribution in [0.2, 0.25) is 5.02 Å². The van der Waals surface area contributed by atoms with Crippen LogP contribution in [-0.4, -0.2) is 5.11 Å². The van der Waals surface area contributed by atoms with Crippen LogP contribution in [0.25, 0.3) is 0 Å². The summed E-state index contributed by atoms with van der Waals surface area (Å²) in [6, 6.07) is 2.78. The van der Waals surface area contributed by atoms with Crippen LogP contribution in [-0.2, 0) is 0 Å². The summed E-state index contributed by atoms with van der Waals surface area (Å²) in [5.74, 6) is -0.416. The zero-order valence-electron chi connectivity index (χ0n) is 9.14. The highest BCUT2D eigenvalue weighted by Crippen LogP contribution is 2.30. The molecule has 1 unspecified atom stereocenters. The van der Waals surface area contributed by atoms with Gasteiger partial charge in [0.25, 0.3) is 0 Å². The first kappa shape index (κ1) is 13.9. The smallest absolute Gasteiger partial charge is 0.130 e. The highest BCUT2D eigenvalue weighted by atomic mass is 79.9. The van der Waals surface area contributed by atoms with E-state index < -0.39 is 11.9 Å². The van der Waals surface area contributed by atoms with E-state index in [4.69, 9.17) is 11.6 Å². The van der Waals surface area contributed by atoms with Gasteiger partial charge in [0.05, 0.1) is 11.1 Å². The molecule has 1 rings (SSSR count). The molecule has 0 saturated carbocycles. The lowest BCUT2D eigenvalue weighted by atomic mass is 10.0. The van der Waals surface area contributed by atoms with Gasteiger partial charge in [-0.25, -0.2) is 4.39 Å². The molecule has 0 spiro atoms. The van der Waals surface area contributed by atoms with Crippen LogP contribution in [0, 0.1) is 5.82 Å². The molecule has 0 aliphatic carbocycles. The van der Waals surface area contributed by atoms with Gasteiger partial charge in [-0.2, -0.15) is 0 Å². The van der Waals surface area contributed by atoms with Crippen molar-refractivity contribution >= 4 is 27.5 Å². The van der Waals surface area contributed by atoms with E-state index in [9.17, 15) is 9.50 Å². The van der Waals surface area contributed by atoms with Crippen LogP contribution in [0.1, 0.15) is 44.3 Å². The molecule has 16 heavy (non-hydrogen) atoms. The molecule has 0 fully saturated rings. The number of hydrogen-bond acceptors (Lipinski definition) is 1. The van der Waals surface area contributed by atoms with E-state index >= 15 is 0 Å². The number of hydrogen-bond donors (Lipinski definition) is 1. The van der Waals surface area contributed by atoms with Gasteiger partial charge in [0.15, 0.2) is 0 Å². The summed E-state index contributed by atoms with van der Waals surface area (Å²) in [5.41, 5.74) is 0.282. The van der Waals surface area contributed by atoms with E-state index in [1.54, 1.807) is 0 Å². The van der Waals surface area contributed by atoms with Gasteiger partial charge < -0.3 is 5.11 Å². The second-order valence-corrected chi connectivity index (χ2v) is 5.06. The fourth-order valence-corrected chi connectivity index (χ4v) is 2.02. The van der Waals surface area contributed by atoms with Crippen molar-refractivity contribution < 1.29 is 9.50 Å². The summed E-state index contributed by atoms with van der Waals surface area (Å²) in [5, 5.41) is 10.3. The Kier molecular flexibility index (Phi) is 5.73. The van der Waals surface area contributed by atoms with E-state index in [0.717, 1.165) is 19.3 Å². The summed E-state index contributed by atoms with van der Waals surface area (Å²) < 4.78 is 14.1. The zero-order valence-corrected chi connectivity index (χ0v) is 11.5. The highest BCUT2D eigenvalue weighted by molar-refractivity contribution is 9.10. The third-order valence-electron chi connectivity index (χ3n) is 2.48. The molecule has 1 N–H and O–H groups in total. The quantitative estimate of drug-likeness (QED) is 0.608. The Bertz CT molecular complexity index is 357. The lowest BCUT2D eigenvalue weighted by Crippen LogP contribution is -2.01. The van der Waals surface area contributed by atoms with Crippen molar-refractivity contribution in [2.75, 3.05) is 0 Å². The molecule has 0 aromatic heterocycles. The standard InChI is InChI=1S/C12H15BrClFO/c1-2-3-4-5-12(16)8-6-10(14)9(13)7-11(8)15/h6-7,12,16H,2-5H2,1H3. The van der Waals surface area contributed by atoms with E-state index in [1.165, 1.54) is 12.1 Å². The molecule has 1 aromatic rings. The molecule has 1 nitrogen and oxygen atoms in total. The predicted molar refractivity (Wildman–Crippen MR) is 68.2 cm³/mol. The second kappa shape index (κ2) is 6.58. The van der Waals surface area contributed by atoms with Gasteiger partial charge in [-0.15, -0.1) is 0 Å². The van der Waals surface area contributed by atoms with Gasteiger partial charge in [-0.3, -0.25) is 0 Å². The van der Waals surface area contributed by atoms with Crippen molar-refractivity contribution in [2.24, 2.45) is 0 Å². The molecule has 0 aliphatic heterocycles. The van der Waals surface area contributed by atoms with Gasteiger partial charge in [-0.05, 0) is 34.5 Å². The zero-order chi connectivity index (χ0) is 12.1. The summed E-state index contributed by atoms with van der Waals surface area (Å²) in [7, 11) is 0. The molecule has 0 radical (unpaired) electrons. The van der Waals surface area contributed by atoms with Crippen LogP contribution in [0.4, 0.5) is 4.39 Å². The van der Waals surface area contributed by atoms with E-state index in [1.807, 2.05) is 0 Å². The van der Waals surface area contributed by atoms with Gasteiger partial charge in [-0.1, -0.05) is 37.8 Å². The molecule has 1 aromatic carbocycles. The SMILES string of the molecule is CCCCCC(O)c1cc(Cl)c(Br)cc1F. The van der Waals surface area contributed by atoms with E-state index in [2.05, 4.69) is 22.9 Å². The molecule has 0 bridgehead atoms. The van der Waals surface area contributed by atoms with Crippen molar-refractivity contribution in [3.8, 4) is 0 Å². The van der Waals surface area contributed by atoms with Gasteiger partial charge in [0, 0.05) is 10.0 Å². The Hall–Kier alpha value is -0.120. The average Bonchev–Trinajstić information content (AvgIpc) is 2.23. The van der Waals surface area contributed by atoms with Crippen molar-refractivity contribution in [1.82, 2.24) is 0 Å². The minimum atomic E-state index is -0.767. The van der Waals surface area contributed by atoms with Crippen LogP contribution < -0.4 is 0 Å². The predicted octanol–water partition coefficient (Wildman–Crippen LogP) is 4.86. The Morgan fingerprint density at radius 2 is 2.12 bits per heavy atom. The van der Waals surface area contributed by atoms with Gasteiger partial charge >= 0.3 is 0 Å². The molecule has 0 aliphatic rings. The van der Waals surface area contributed by atoms with Crippen LogP contribution in [0.15, 0.2) is 16.6 Å². The molecule has 90 valence electrons. The maximum atomic E-state index is 13.5. The summed E-state index contributed by atoms with van der Waals surface area (Å²) in [6.07, 6.45) is 2.82. The fraction of sp³-hybridized carbons (Fsp3) is 0.500. The second-order valence-electron chi connectivity index (χ2n) is 3.80. The topological polar surface area (TPSA) is 20.2 Å². The first-order valence-corrected chi connectivity index (χ1v) is 6.55. The molecule has 0 saturated heterocycles. The first-order chi connectivity index (χ1) is 7.56. The van der Waals surface area contributed by atoms with Crippen LogP contribution in [0.3, 0.4) is 0 Å². The highest BCUT2D eigenvalue weighted by Gasteiger charge is 2.14. The summed E-state index contributed by atoms with van der Waals surface area (Å²) in [4.78, 5) is 0. The third kappa shape index (κ3) is 3.72. The van der Waals surface area contributed by atoms with E-state index in [-0.39, 0.29) is 5.56 Å². The van der Waals surface area contributed by atoms with Crippen molar-refractivity contribution in [2.45, 2.75) is 38.7 Å². The molecule has 0 amide bonds. The number of unbranched alkanes of at least 4 members (excludes halogenated alkanes) is 2. The lowest BCUT2D eigenvalue weighted by molar-refractivity contribution is 0.159. The summed E-state index contributed by atoms with van der Waals surface area (Å²) in [6.45, 7) is 2.09. The van der Waals surface area contributed by atoms with Crippen molar-refractivity contribution in [3.63, 3.8) is 0 Å². The fourth-order valence-electron chi connectivity index (χ4n) is 1.54. The van der Waals surface area contributed by atoms with Crippen molar-refractivity contribution in [1.29, 1.82) is 0 Å². The number of benzene rings is 1. The van der Waals surface area contributed by atoms with E-state index in [0.29, 0.717) is 15.9 Å². The Balaban J connectivity index is 2.75. The largest absolute Gasteiger partial charge is 0.388 e. The Labute approximate surface area is 109 Å². The molecular weight excluding hydrogens is 294 g/mol. The lowest BCUT2D eigenvalue weighted by Gasteiger charge is -2.12. The molecule has 1 atom stereocenters. The van der Waals surface area contributed by atoms with Crippen LogP contribution >= 0.6 is 27.5 Å². The van der Waals surface area contributed by atoms with Gasteiger partial charge in [0.2, 0.25) is 0 Å². The maximum Gasteiger partial charge on any atom is 0.130 e. The van der Waals surface area contributed by atoms with Gasteiger partial charge in [0.1, 0.15) is 5.82 Å². The number of halogens is 3. The molecule has 4 heteroatoms. The number of aliphatic hydroxyl groups excluding tert-OH is 1. The van der Waals surface area contributed by atoms with Crippen molar-refractivity contribution in [3.05, 3.63) is 33.0 Å². The Morgan fingerprint density at radius 3 is 2.75 bits per heavy atom. The maximum absolute atomic E-state index is 13.5.